The number of hydrogen-bond donors (Lipinski definition) is 1. The van der Waals surface area contributed by atoms with Crippen LogP contribution in [0.15, 0.2) is 48.0 Å². The van der Waals surface area contributed by atoms with E-state index in [0.717, 1.165) is 11.3 Å². The lowest BCUT2D eigenvalue weighted by Gasteiger charge is -2.06. The van der Waals surface area contributed by atoms with Crippen molar-refractivity contribution in [2.45, 2.75) is 25.7 Å². The molecule has 0 aliphatic heterocycles. The molecule has 106 valence electrons. The second kappa shape index (κ2) is 5.52. The fourth-order valence-corrected chi connectivity index (χ4v) is 2.32. The van der Waals surface area contributed by atoms with Gasteiger partial charge in [-0.3, -0.25) is 9.98 Å². The number of aryl methyl sites for hydroxylation is 1. The van der Waals surface area contributed by atoms with Crippen molar-refractivity contribution in [3.8, 4) is 0 Å². The highest BCUT2D eigenvalue weighted by molar-refractivity contribution is 5.90. The zero-order valence-electron chi connectivity index (χ0n) is 12.2. The molecule has 0 unspecified atom stereocenters. The molecule has 2 aromatic rings. The average Bonchev–Trinajstić information content (AvgIpc) is 3.31. The molecule has 1 fully saturated rings. The molecule has 0 bridgehead atoms. The summed E-state index contributed by atoms with van der Waals surface area (Å²) in [4.78, 5) is 9.14. The summed E-state index contributed by atoms with van der Waals surface area (Å²) < 4.78 is 0. The van der Waals surface area contributed by atoms with E-state index < -0.39 is 0 Å². The number of nitrogens with two attached hydrogens (primary N) is 1. The molecule has 3 nitrogen and oxygen atoms in total. The van der Waals surface area contributed by atoms with E-state index in [1.54, 1.807) is 6.21 Å². The van der Waals surface area contributed by atoms with Gasteiger partial charge in [-0.05, 0) is 37.5 Å². The molecule has 3 heteroatoms. The van der Waals surface area contributed by atoms with Crippen molar-refractivity contribution >= 4 is 17.6 Å². The maximum absolute atomic E-state index is 5.90. The van der Waals surface area contributed by atoms with E-state index >= 15 is 0 Å². The Kier molecular flexibility index (Phi) is 3.57. The number of aliphatic imine (C=N–C) groups is 1. The van der Waals surface area contributed by atoms with Crippen molar-refractivity contribution in [1.29, 1.82) is 0 Å². The molecule has 1 aromatic carbocycles. The first-order valence-corrected chi connectivity index (χ1v) is 7.20. The fraction of sp³-hybridized carbons (Fsp3) is 0.222. The minimum absolute atomic E-state index is 0.631. The van der Waals surface area contributed by atoms with Crippen LogP contribution in [0.5, 0.6) is 0 Å². The lowest BCUT2D eigenvalue weighted by Crippen LogP contribution is -1.96. The highest BCUT2D eigenvalue weighted by Gasteiger charge is 2.26. The van der Waals surface area contributed by atoms with E-state index in [-0.39, 0.29) is 0 Å². The summed E-state index contributed by atoms with van der Waals surface area (Å²) in [7, 11) is 0. The number of nitrogen functional groups attached to an aromatic ring is 1. The van der Waals surface area contributed by atoms with Crippen LogP contribution in [0.3, 0.4) is 0 Å². The first kappa shape index (κ1) is 13.6. The van der Waals surface area contributed by atoms with Crippen molar-refractivity contribution in [3.63, 3.8) is 0 Å². The zero-order chi connectivity index (χ0) is 14.8. The standard InChI is InChI=1S/C18H19N3/c1-12-7-10-17(21-18(12)14-8-9-14)13(2)20-11-15-5-3-4-6-16(15)19/h3-7,10-11,14H,2,8-9,19H2,1H3/b20-11-. The van der Waals surface area contributed by atoms with Crippen LogP contribution in [0.1, 0.15) is 41.3 Å². The number of pyridine rings is 1. The van der Waals surface area contributed by atoms with E-state index in [4.69, 9.17) is 10.7 Å². The van der Waals surface area contributed by atoms with Gasteiger partial charge in [-0.2, -0.15) is 0 Å². The van der Waals surface area contributed by atoms with Gasteiger partial charge in [0, 0.05) is 29.1 Å². The van der Waals surface area contributed by atoms with Gasteiger partial charge >= 0.3 is 0 Å². The summed E-state index contributed by atoms with van der Waals surface area (Å²) in [5, 5.41) is 0. The van der Waals surface area contributed by atoms with E-state index in [0.29, 0.717) is 17.3 Å². The molecule has 1 aliphatic carbocycles. The third-order valence-corrected chi connectivity index (χ3v) is 3.75. The minimum atomic E-state index is 0.631. The number of benzene rings is 1. The van der Waals surface area contributed by atoms with Crippen LogP contribution in [0.4, 0.5) is 5.69 Å². The second-order valence-corrected chi connectivity index (χ2v) is 5.51. The summed E-state index contributed by atoms with van der Waals surface area (Å²) in [6.07, 6.45) is 4.23. The maximum Gasteiger partial charge on any atom is 0.0883 e. The SMILES string of the molecule is C=C(/N=C\c1ccccc1N)c1ccc(C)c(C2CC2)n1. The second-order valence-electron chi connectivity index (χ2n) is 5.51. The molecular weight excluding hydrogens is 258 g/mol. The van der Waals surface area contributed by atoms with E-state index in [1.165, 1.54) is 24.1 Å². The predicted molar refractivity (Wildman–Crippen MR) is 88.4 cm³/mol. The van der Waals surface area contributed by atoms with Gasteiger partial charge in [0.1, 0.15) is 0 Å². The number of hydrogen-bond acceptors (Lipinski definition) is 3. The van der Waals surface area contributed by atoms with Crippen LogP contribution in [0, 0.1) is 6.92 Å². The van der Waals surface area contributed by atoms with Crippen LogP contribution >= 0.6 is 0 Å². The molecule has 21 heavy (non-hydrogen) atoms. The van der Waals surface area contributed by atoms with E-state index in [2.05, 4.69) is 24.6 Å². The largest absolute Gasteiger partial charge is 0.398 e. The van der Waals surface area contributed by atoms with Crippen LogP contribution < -0.4 is 5.73 Å². The number of aromatic nitrogens is 1. The molecule has 0 amide bonds. The van der Waals surface area contributed by atoms with Gasteiger partial charge in [0.2, 0.25) is 0 Å². The Labute approximate surface area is 125 Å². The Morgan fingerprint density at radius 1 is 1.29 bits per heavy atom. The predicted octanol–water partition coefficient (Wildman–Crippen LogP) is 3.94. The Balaban J connectivity index is 1.82. The molecule has 3 rings (SSSR count). The van der Waals surface area contributed by atoms with Crippen LogP contribution in [-0.2, 0) is 0 Å². The van der Waals surface area contributed by atoms with E-state index in [9.17, 15) is 0 Å². The van der Waals surface area contributed by atoms with Crippen molar-refractivity contribution < 1.29 is 0 Å². The lowest BCUT2D eigenvalue weighted by atomic mass is 10.1. The molecule has 1 aromatic heterocycles. The van der Waals surface area contributed by atoms with Crippen molar-refractivity contribution in [2.75, 3.05) is 5.73 Å². The van der Waals surface area contributed by atoms with Crippen LogP contribution in [0.2, 0.25) is 0 Å². The van der Waals surface area contributed by atoms with Crippen molar-refractivity contribution in [1.82, 2.24) is 4.98 Å². The maximum atomic E-state index is 5.90. The van der Waals surface area contributed by atoms with Gasteiger partial charge in [0.15, 0.2) is 0 Å². The Morgan fingerprint density at radius 3 is 2.76 bits per heavy atom. The number of para-hydroxylation sites is 1. The number of anilines is 1. The van der Waals surface area contributed by atoms with Gasteiger partial charge in [0.25, 0.3) is 0 Å². The molecule has 0 radical (unpaired) electrons. The third-order valence-electron chi connectivity index (χ3n) is 3.75. The summed E-state index contributed by atoms with van der Waals surface area (Å²) in [6.45, 7) is 6.13. The van der Waals surface area contributed by atoms with Crippen LogP contribution in [-0.4, -0.2) is 11.2 Å². The first-order chi connectivity index (χ1) is 10.1. The lowest BCUT2D eigenvalue weighted by molar-refractivity contribution is 0.985. The smallest absolute Gasteiger partial charge is 0.0883 e. The molecule has 2 N–H and O–H groups in total. The highest BCUT2D eigenvalue weighted by Crippen LogP contribution is 2.40. The third kappa shape index (κ3) is 3.02. The fourth-order valence-electron chi connectivity index (χ4n) is 2.32. The summed E-state index contributed by atoms with van der Waals surface area (Å²) >= 11 is 0. The topological polar surface area (TPSA) is 51.3 Å². The van der Waals surface area contributed by atoms with Crippen LogP contribution in [0.25, 0.3) is 5.70 Å². The minimum Gasteiger partial charge on any atom is -0.398 e. The summed E-state index contributed by atoms with van der Waals surface area (Å²) in [5.41, 5.74) is 11.5. The molecule has 1 aliphatic rings. The number of nitrogens with zero attached hydrogens (tertiary/aromatic N) is 2. The van der Waals surface area contributed by atoms with E-state index in [1.807, 2.05) is 30.3 Å². The Morgan fingerprint density at radius 2 is 2.05 bits per heavy atom. The molecular formula is C18H19N3. The normalized spacial score (nSPS) is 14.5. The first-order valence-electron chi connectivity index (χ1n) is 7.20. The molecule has 1 heterocycles. The van der Waals surface area contributed by atoms with Gasteiger partial charge in [-0.15, -0.1) is 0 Å². The van der Waals surface area contributed by atoms with Gasteiger partial charge < -0.3 is 5.73 Å². The van der Waals surface area contributed by atoms with Gasteiger partial charge in [-0.25, -0.2) is 0 Å². The summed E-state index contributed by atoms with van der Waals surface area (Å²) in [5.74, 6) is 0.631. The highest BCUT2D eigenvalue weighted by atomic mass is 14.8. The monoisotopic (exact) mass is 277 g/mol. The van der Waals surface area contributed by atoms with Gasteiger partial charge in [-0.1, -0.05) is 30.8 Å². The van der Waals surface area contributed by atoms with Gasteiger partial charge in [0.05, 0.1) is 11.4 Å². The Hall–Kier alpha value is -2.42. The Bertz CT molecular complexity index is 712. The van der Waals surface area contributed by atoms with Crippen molar-refractivity contribution in [3.05, 3.63) is 65.5 Å². The molecule has 0 spiro atoms. The molecule has 0 saturated heterocycles. The quantitative estimate of drug-likeness (QED) is 0.679. The molecule has 0 atom stereocenters. The zero-order valence-corrected chi connectivity index (χ0v) is 12.2. The molecule has 1 saturated carbocycles. The number of rotatable bonds is 4. The van der Waals surface area contributed by atoms with Crippen molar-refractivity contribution in [2.24, 2.45) is 4.99 Å². The average molecular weight is 277 g/mol. The summed E-state index contributed by atoms with van der Waals surface area (Å²) in [6, 6.07) is 11.7.